The lowest BCUT2D eigenvalue weighted by Crippen LogP contribution is -2.45. The molecule has 0 aromatic carbocycles. The molecule has 0 atom stereocenters. The minimum atomic E-state index is -1.10. The highest BCUT2D eigenvalue weighted by atomic mass is 16.4. The van der Waals surface area contributed by atoms with Crippen LogP contribution in [0, 0.1) is 0 Å². The van der Waals surface area contributed by atoms with Crippen LogP contribution in [0.5, 0.6) is 0 Å². The van der Waals surface area contributed by atoms with E-state index in [0.29, 0.717) is 0 Å². The van der Waals surface area contributed by atoms with Crippen molar-refractivity contribution in [2.75, 3.05) is 0 Å². The Bertz CT molecular complexity index is 705. The van der Waals surface area contributed by atoms with Crippen LogP contribution in [0.1, 0.15) is 41.7 Å². The predicted molar refractivity (Wildman–Crippen MR) is 81.7 cm³/mol. The first-order valence-electron chi connectivity index (χ1n) is 7.57. The molecule has 7 nitrogen and oxygen atoms in total. The van der Waals surface area contributed by atoms with Gasteiger partial charge in [-0.25, -0.2) is 4.79 Å². The van der Waals surface area contributed by atoms with Gasteiger partial charge in [-0.2, -0.15) is 5.10 Å². The van der Waals surface area contributed by atoms with E-state index in [2.05, 4.69) is 15.4 Å². The lowest BCUT2D eigenvalue weighted by atomic mass is 9.89. The lowest BCUT2D eigenvalue weighted by Gasteiger charge is -2.30. The second kappa shape index (κ2) is 6.20. The largest absolute Gasteiger partial charge is 0.476 e. The van der Waals surface area contributed by atoms with Crippen molar-refractivity contribution in [3.8, 4) is 0 Å². The molecular weight excluding hydrogens is 296 g/mol. The number of nitrogens with zero attached hydrogens (tertiary/aromatic N) is 3. The quantitative estimate of drug-likeness (QED) is 0.873. The van der Waals surface area contributed by atoms with Crippen molar-refractivity contribution in [2.24, 2.45) is 0 Å². The number of nitrogens with one attached hydrogen (secondary N) is 1. The number of hydrogen-bond donors (Lipinski definition) is 2. The van der Waals surface area contributed by atoms with Crippen LogP contribution in [0.25, 0.3) is 0 Å². The van der Waals surface area contributed by atoms with E-state index in [1.54, 1.807) is 12.4 Å². The number of aromatic carboxylic acids is 1. The molecule has 120 valence electrons. The molecule has 23 heavy (non-hydrogen) atoms. The lowest BCUT2D eigenvalue weighted by molar-refractivity contribution is -0.123. The van der Waals surface area contributed by atoms with Gasteiger partial charge in [0.15, 0.2) is 5.69 Å². The van der Waals surface area contributed by atoms with Crippen LogP contribution < -0.4 is 5.32 Å². The number of carbonyl (C=O) groups excluding carboxylic acids is 1. The van der Waals surface area contributed by atoms with E-state index < -0.39 is 5.97 Å². The first kappa shape index (κ1) is 15.2. The minimum Gasteiger partial charge on any atom is -0.476 e. The summed E-state index contributed by atoms with van der Waals surface area (Å²) in [5.41, 5.74) is 0.562. The van der Waals surface area contributed by atoms with E-state index in [1.807, 2.05) is 12.1 Å². The zero-order valence-electron chi connectivity index (χ0n) is 12.6. The van der Waals surface area contributed by atoms with Gasteiger partial charge < -0.3 is 10.4 Å². The zero-order valence-corrected chi connectivity index (χ0v) is 12.6. The van der Waals surface area contributed by atoms with Gasteiger partial charge in [0.25, 0.3) is 0 Å². The Morgan fingerprint density at radius 3 is 2.70 bits per heavy atom. The number of carboxylic acid groups (broad SMARTS) is 1. The van der Waals surface area contributed by atoms with Crippen molar-refractivity contribution >= 4 is 11.9 Å². The molecule has 1 fully saturated rings. The van der Waals surface area contributed by atoms with E-state index in [-0.39, 0.29) is 23.7 Å². The molecule has 0 saturated heterocycles. The third kappa shape index (κ3) is 3.23. The first-order chi connectivity index (χ1) is 11.1. The van der Waals surface area contributed by atoms with Crippen molar-refractivity contribution < 1.29 is 14.7 Å². The zero-order chi connectivity index (χ0) is 16.3. The molecule has 0 aliphatic heterocycles. The van der Waals surface area contributed by atoms with Crippen molar-refractivity contribution in [1.29, 1.82) is 0 Å². The van der Waals surface area contributed by atoms with Crippen molar-refractivity contribution in [1.82, 2.24) is 20.1 Å². The first-order valence-corrected chi connectivity index (χ1v) is 7.57. The van der Waals surface area contributed by atoms with E-state index in [0.717, 1.165) is 31.2 Å². The Labute approximate surface area is 133 Å². The van der Waals surface area contributed by atoms with E-state index >= 15 is 0 Å². The Hall–Kier alpha value is -2.70. The molecule has 2 heterocycles. The van der Waals surface area contributed by atoms with Gasteiger partial charge in [-0.1, -0.05) is 18.9 Å². The maximum Gasteiger partial charge on any atom is 0.356 e. The average Bonchev–Trinajstić information content (AvgIpc) is 3.18. The molecule has 1 amide bonds. The molecule has 2 aromatic rings. The van der Waals surface area contributed by atoms with Gasteiger partial charge in [0.1, 0.15) is 6.54 Å². The van der Waals surface area contributed by atoms with Gasteiger partial charge in [0.05, 0.1) is 5.54 Å². The second-order valence-electron chi connectivity index (χ2n) is 5.78. The Morgan fingerprint density at radius 2 is 2.09 bits per heavy atom. The fraction of sp³-hybridized carbons (Fsp3) is 0.375. The molecule has 3 rings (SSSR count). The average molecular weight is 314 g/mol. The van der Waals surface area contributed by atoms with Gasteiger partial charge in [0, 0.05) is 18.6 Å². The smallest absolute Gasteiger partial charge is 0.356 e. The van der Waals surface area contributed by atoms with Gasteiger partial charge in [-0.05, 0) is 30.5 Å². The summed E-state index contributed by atoms with van der Waals surface area (Å²) in [7, 11) is 0. The summed E-state index contributed by atoms with van der Waals surface area (Å²) in [4.78, 5) is 27.4. The van der Waals surface area contributed by atoms with Crippen LogP contribution in [-0.2, 0) is 16.9 Å². The van der Waals surface area contributed by atoms with E-state index in [1.165, 1.54) is 16.9 Å². The molecule has 0 radical (unpaired) electrons. The third-order valence-corrected chi connectivity index (χ3v) is 4.22. The topological polar surface area (TPSA) is 97.1 Å². The number of aromatic nitrogens is 3. The molecule has 2 aromatic heterocycles. The minimum absolute atomic E-state index is 0.00467. The summed E-state index contributed by atoms with van der Waals surface area (Å²) < 4.78 is 1.34. The highest BCUT2D eigenvalue weighted by molar-refractivity contribution is 5.85. The van der Waals surface area contributed by atoms with Crippen LogP contribution in [0.2, 0.25) is 0 Å². The molecule has 1 aliphatic rings. The summed E-state index contributed by atoms with van der Waals surface area (Å²) in [6.07, 6.45) is 8.87. The Kier molecular flexibility index (Phi) is 4.10. The molecule has 1 saturated carbocycles. The van der Waals surface area contributed by atoms with Crippen LogP contribution in [0.3, 0.4) is 0 Å². The molecular formula is C16H18N4O3. The standard InChI is InChI=1S/C16H18N4O3/c21-14(11-20-9-5-13(19-20)15(22)23)18-16(6-1-2-7-16)12-4-3-8-17-10-12/h3-5,8-10H,1-2,6-7,11H2,(H,18,21)(H,22,23). The monoisotopic (exact) mass is 314 g/mol. The number of rotatable bonds is 5. The SMILES string of the molecule is O=C(Cn1ccc(C(=O)O)n1)NC1(c2cccnc2)CCCC1. The molecule has 0 spiro atoms. The molecule has 7 heteroatoms. The number of hydrogen-bond acceptors (Lipinski definition) is 4. The second-order valence-corrected chi connectivity index (χ2v) is 5.78. The third-order valence-electron chi connectivity index (χ3n) is 4.22. The van der Waals surface area contributed by atoms with Crippen molar-refractivity contribution in [3.63, 3.8) is 0 Å². The maximum atomic E-state index is 12.4. The highest BCUT2D eigenvalue weighted by Crippen LogP contribution is 2.38. The summed E-state index contributed by atoms with van der Waals surface area (Å²) in [5, 5.41) is 15.8. The normalized spacial score (nSPS) is 16.2. The Balaban J connectivity index is 1.73. The predicted octanol–water partition coefficient (Wildman–Crippen LogP) is 1.56. The summed E-state index contributed by atoms with van der Waals surface area (Å²) in [5.74, 6) is -1.29. The Morgan fingerprint density at radius 1 is 1.30 bits per heavy atom. The fourth-order valence-corrected chi connectivity index (χ4v) is 3.13. The fourth-order valence-electron chi connectivity index (χ4n) is 3.13. The van der Waals surface area contributed by atoms with E-state index in [4.69, 9.17) is 5.11 Å². The highest BCUT2D eigenvalue weighted by Gasteiger charge is 2.37. The van der Waals surface area contributed by atoms with E-state index in [9.17, 15) is 9.59 Å². The van der Waals surface area contributed by atoms with Crippen LogP contribution in [-0.4, -0.2) is 31.7 Å². The van der Waals surface area contributed by atoms with Gasteiger partial charge >= 0.3 is 5.97 Å². The van der Waals surface area contributed by atoms with Crippen molar-refractivity contribution in [3.05, 3.63) is 48.0 Å². The van der Waals surface area contributed by atoms with Gasteiger partial charge in [0.2, 0.25) is 5.91 Å². The molecule has 1 aliphatic carbocycles. The van der Waals surface area contributed by atoms with Gasteiger partial charge in [-0.3, -0.25) is 14.5 Å². The maximum absolute atomic E-state index is 12.4. The summed E-state index contributed by atoms with van der Waals surface area (Å²) in [6, 6.07) is 5.23. The number of amides is 1. The number of pyridine rings is 1. The van der Waals surface area contributed by atoms with Crippen LogP contribution in [0.15, 0.2) is 36.8 Å². The number of carbonyl (C=O) groups is 2. The van der Waals surface area contributed by atoms with Gasteiger partial charge in [-0.15, -0.1) is 0 Å². The molecule has 2 N–H and O–H groups in total. The number of carboxylic acids is 1. The summed E-state index contributed by atoms with van der Waals surface area (Å²) >= 11 is 0. The van der Waals surface area contributed by atoms with Crippen molar-refractivity contribution in [2.45, 2.75) is 37.8 Å². The summed E-state index contributed by atoms with van der Waals surface area (Å²) in [6.45, 7) is -0.00467. The molecule has 0 unspecified atom stereocenters. The van der Waals surface area contributed by atoms with Crippen LogP contribution in [0.4, 0.5) is 0 Å². The molecule has 0 bridgehead atoms. The van der Waals surface area contributed by atoms with Crippen LogP contribution >= 0.6 is 0 Å².